The van der Waals surface area contributed by atoms with Crippen LogP contribution in [-0.2, 0) is 0 Å². The average molecular weight is 226 g/mol. The maximum Gasteiger partial charge on any atom is 0.0217 e. The smallest absolute Gasteiger partial charge is 0.0217 e. The van der Waals surface area contributed by atoms with E-state index in [1.807, 2.05) is 0 Å². The van der Waals surface area contributed by atoms with E-state index < -0.39 is 0 Å². The van der Waals surface area contributed by atoms with Crippen molar-refractivity contribution in [2.45, 2.75) is 91.0 Å². The van der Waals surface area contributed by atoms with Gasteiger partial charge in [-0.3, -0.25) is 0 Å². The van der Waals surface area contributed by atoms with Gasteiger partial charge in [-0.25, -0.2) is 5.32 Å². The Labute approximate surface area is 103 Å². The number of hydrogen-bond acceptors (Lipinski definition) is 0. The van der Waals surface area contributed by atoms with Crippen LogP contribution in [0.3, 0.4) is 0 Å². The summed E-state index contributed by atoms with van der Waals surface area (Å²) in [4.78, 5) is 0. The molecule has 0 amide bonds. The van der Waals surface area contributed by atoms with Crippen LogP contribution in [-0.4, -0.2) is 12.6 Å². The lowest BCUT2D eigenvalue weighted by molar-refractivity contribution is 0.469. The molecule has 1 heteroatoms. The summed E-state index contributed by atoms with van der Waals surface area (Å²) in [6.45, 7) is 7.79. The SMILES string of the molecule is CCCCCCCCCCC(C)[N]CCC. The molecule has 0 fully saturated rings. The Bertz CT molecular complexity index is 123. The third-order valence-corrected chi connectivity index (χ3v) is 3.14. The van der Waals surface area contributed by atoms with Gasteiger partial charge >= 0.3 is 0 Å². The van der Waals surface area contributed by atoms with Crippen molar-refractivity contribution in [1.82, 2.24) is 5.32 Å². The highest BCUT2D eigenvalue weighted by Gasteiger charge is 2.00. The first-order chi connectivity index (χ1) is 7.81. The normalized spacial score (nSPS) is 12.9. The second-order valence-corrected chi connectivity index (χ2v) is 5.02. The van der Waals surface area contributed by atoms with Crippen LogP contribution in [0.25, 0.3) is 0 Å². The molecule has 0 aromatic heterocycles. The predicted octanol–water partition coefficient (Wildman–Crippen LogP) is 4.92. The third-order valence-electron chi connectivity index (χ3n) is 3.14. The Morgan fingerprint density at radius 3 is 1.88 bits per heavy atom. The minimum absolute atomic E-state index is 0.597. The molecule has 0 aliphatic rings. The van der Waals surface area contributed by atoms with Crippen LogP contribution in [0.5, 0.6) is 0 Å². The van der Waals surface area contributed by atoms with Gasteiger partial charge in [0.1, 0.15) is 0 Å². The van der Waals surface area contributed by atoms with Crippen LogP contribution in [0.4, 0.5) is 0 Å². The Morgan fingerprint density at radius 1 is 0.750 bits per heavy atom. The predicted molar refractivity (Wildman–Crippen MR) is 74.0 cm³/mol. The van der Waals surface area contributed by atoms with Crippen LogP contribution in [0.1, 0.15) is 85.0 Å². The van der Waals surface area contributed by atoms with Gasteiger partial charge in [0.2, 0.25) is 0 Å². The first kappa shape index (κ1) is 16.0. The average Bonchev–Trinajstić information content (AvgIpc) is 2.30. The van der Waals surface area contributed by atoms with Crippen molar-refractivity contribution in [3.63, 3.8) is 0 Å². The fourth-order valence-corrected chi connectivity index (χ4v) is 2.01. The standard InChI is InChI=1S/C15H32N/c1-4-6-7-8-9-10-11-12-13-15(3)16-14-5-2/h15H,4-14H2,1-3H3. The van der Waals surface area contributed by atoms with Gasteiger partial charge in [-0.1, -0.05) is 65.2 Å². The summed E-state index contributed by atoms with van der Waals surface area (Å²) in [5.41, 5.74) is 0. The monoisotopic (exact) mass is 226 g/mol. The van der Waals surface area contributed by atoms with Crippen LogP contribution in [0.15, 0.2) is 0 Å². The Hall–Kier alpha value is -0.0400. The van der Waals surface area contributed by atoms with Gasteiger partial charge in [-0.05, 0) is 19.8 Å². The lowest BCUT2D eigenvalue weighted by Crippen LogP contribution is -2.18. The molecule has 0 spiro atoms. The topological polar surface area (TPSA) is 14.1 Å². The minimum atomic E-state index is 0.597. The second kappa shape index (κ2) is 13.0. The van der Waals surface area contributed by atoms with Gasteiger partial charge in [0.25, 0.3) is 0 Å². The molecule has 0 aliphatic carbocycles. The molecule has 1 unspecified atom stereocenters. The van der Waals surface area contributed by atoms with Gasteiger partial charge < -0.3 is 0 Å². The lowest BCUT2D eigenvalue weighted by Gasteiger charge is -2.10. The molecule has 0 saturated heterocycles. The van der Waals surface area contributed by atoms with E-state index in [-0.39, 0.29) is 0 Å². The summed E-state index contributed by atoms with van der Waals surface area (Å²) in [5.74, 6) is 0. The summed E-state index contributed by atoms with van der Waals surface area (Å²) in [7, 11) is 0. The van der Waals surface area contributed by atoms with E-state index in [1.54, 1.807) is 0 Å². The van der Waals surface area contributed by atoms with Gasteiger partial charge in [-0.2, -0.15) is 0 Å². The van der Waals surface area contributed by atoms with Crippen LogP contribution < -0.4 is 5.32 Å². The number of hydrogen-bond donors (Lipinski definition) is 0. The fourth-order valence-electron chi connectivity index (χ4n) is 2.01. The largest absolute Gasteiger partial charge is 0.239 e. The van der Waals surface area contributed by atoms with Gasteiger partial charge in [-0.15, -0.1) is 0 Å². The number of nitrogens with zero attached hydrogens (tertiary/aromatic N) is 1. The molecule has 1 radical (unpaired) electrons. The van der Waals surface area contributed by atoms with Crippen molar-refractivity contribution in [2.75, 3.05) is 6.54 Å². The van der Waals surface area contributed by atoms with E-state index in [0.29, 0.717) is 6.04 Å². The molecule has 0 N–H and O–H groups in total. The Morgan fingerprint density at radius 2 is 1.31 bits per heavy atom. The summed E-state index contributed by atoms with van der Waals surface area (Å²) in [6.07, 6.45) is 13.8. The van der Waals surface area contributed by atoms with E-state index in [4.69, 9.17) is 0 Å². The second-order valence-electron chi connectivity index (χ2n) is 5.02. The zero-order valence-electron chi connectivity index (χ0n) is 11.8. The van der Waals surface area contributed by atoms with Crippen molar-refractivity contribution in [3.05, 3.63) is 0 Å². The van der Waals surface area contributed by atoms with E-state index >= 15 is 0 Å². The highest BCUT2D eigenvalue weighted by molar-refractivity contribution is 4.59. The Balaban J connectivity index is 3.02. The fraction of sp³-hybridized carbons (Fsp3) is 1.00. The number of rotatable bonds is 12. The maximum atomic E-state index is 4.60. The van der Waals surface area contributed by atoms with Crippen LogP contribution in [0.2, 0.25) is 0 Å². The molecule has 16 heavy (non-hydrogen) atoms. The van der Waals surface area contributed by atoms with E-state index in [1.165, 1.54) is 64.2 Å². The quantitative estimate of drug-likeness (QED) is 0.419. The van der Waals surface area contributed by atoms with Crippen molar-refractivity contribution in [1.29, 1.82) is 0 Å². The first-order valence-electron chi connectivity index (χ1n) is 7.47. The molecular formula is C15H32N. The third kappa shape index (κ3) is 12.0. The zero-order valence-corrected chi connectivity index (χ0v) is 11.8. The van der Waals surface area contributed by atoms with Gasteiger partial charge in [0.15, 0.2) is 0 Å². The maximum absolute atomic E-state index is 4.60. The first-order valence-corrected chi connectivity index (χ1v) is 7.47. The molecule has 0 saturated carbocycles. The van der Waals surface area contributed by atoms with Crippen LogP contribution in [0, 0.1) is 0 Å². The molecule has 0 bridgehead atoms. The van der Waals surface area contributed by atoms with E-state index in [2.05, 4.69) is 26.1 Å². The highest BCUT2D eigenvalue weighted by atomic mass is 14.9. The van der Waals surface area contributed by atoms with Crippen LogP contribution >= 0.6 is 0 Å². The summed E-state index contributed by atoms with van der Waals surface area (Å²) in [5, 5.41) is 4.60. The van der Waals surface area contributed by atoms with Gasteiger partial charge in [0, 0.05) is 12.6 Å². The molecule has 1 nitrogen and oxygen atoms in total. The van der Waals surface area contributed by atoms with E-state index in [9.17, 15) is 0 Å². The summed E-state index contributed by atoms with van der Waals surface area (Å²) < 4.78 is 0. The summed E-state index contributed by atoms with van der Waals surface area (Å²) in [6, 6.07) is 0.597. The molecule has 0 rings (SSSR count). The van der Waals surface area contributed by atoms with Crippen molar-refractivity contribution in [2.24, 2.45) is 0 Å². The molecule has 0 aromatic rings. The molecule has 97 valence electrons. The molecule has 1 atom stereocenters. The van der Waals surface area contributed by atoms with E-state index in [0.717, 1.165) is 6.54 Å². The van der Waals surface area contributed by atoms with Crippen molar-refractivity contribution in [3.8, 4) is 0 Å². The zero-order chi connectivity index (χ0) is 12.1. The Kier molecular flexibility index (Phi) is 13.0. The highest BCUT2D eigenvalue weighted by Crippen LogP contribution is 2.10. The minimum Gasteiger partial charge on any atom is -0.239 e. The molecular weight excluding hydrogens is 194 g/mol. The van der Waals surface area contributed by atoms with Gasteiger partial charge in [0.05, 0.1) is 0 Å². The molecule has 0 aromatic carbocycles. The molecule has 0 heterocycles. The number of unbranched alkanes of at least 4 members (excludes halogenated alkanes) is 7. The van der Waals surface area contributed by atoms with Crippen molar-refractivity contribution >= 4 is 0 Å². The lowest BCUT2D eigenvalue weighted by atomic mass is 10.1. The summed E-state index contributed by atoms with van der Waals surface area (Å²) >= 11 is 0. The molecule has 0 aliphatic heterocycles. The van der Waals surface area contributed by atoms with Crippen molar-refractivity contribution < 1.29 is 0 Å².